The van der Waals surface area contributed by atoms with Gasteiger partial charge in [-0.25, -0.2) is 0 Å². The maximum Gasteiger partial charge on any atom is 0.229 e. The Bertz CT molecular complexity index is 864. The van der Waals surface area contributed by atoms with Crippen LogP contribution in [0.2, 0.25) is 0 Å². The van der Waals surface area contributed by atoms with Crippen LogP contribution < -0.4 is 14.2 Å². The first-order valence-electron chi connectivity index (χ1n) is 11.7. The van der Waals surface area contributed by atoms with Crippen molar-refractivity contribution in [3.63, 3.8) is 0 Å². The minimum atomic E-state index is -0.742. The van der Waals surface area contributed by atoms with Gasteiger partial charge in [0.15, 0.2) is 0 Å². The number of amides is 1. The van der Waals surface area contributed by atoms with E-state index in [0.29, 0.717) is 29.1 Å². The number of likely N-dealkylation sites (tertiary alicyclic amines) is 1. The number of hydrogen-bond donors (Lipinski definition) is 0. The van der Waals surface area contributed by atoms with Gasteiger partial charge in [0.25, 0.3) is 0 Å². The Kier molecular flexibility index (Phi) is 9.21. The summed E-state index contributed by atoms with van der Waals surface area (Å²) in [6.07, 6.45) is 8.75. The number of carbonyl (C=O) groups excluding carboxylic acids is 1. The highest BCUT2D eigenvalue weighted by atomic mass is 16.5. The van der Waals surface area contributed by atoms with Gasteiger partial charge in [-0.05, 0) is 25.2 Å². The molecule has 5 heteroatoms. The average Bonchev–Trinajstić information content (AvgIpc) is 2.77. The number of allylic oxidation sites excluding steroid dienone is 5. The number of piperidine rings is 1. The fourth-order valence-corrected chi connectivity index (χ4v) is 5.22. The van der Waals surface area contributed by atoms with Gasteiger partial charge in [-0.2, -0.15) is 0 Å². The number of benzene rings is 1. The molecule has 1 saturated heterocycles. The molecule has 3 atom stereocenters. The largest absolute Gasteiger partial charge is 0.496 e. The summed E-state index contributed by atoms with van der Waals surface area (Å²) in [5, 5.41) is 0. The van der Waals surface area contributed by atoms with Gasteiger partial charge in [-0.15, -0.1) is 0 Å². The van der Waals surface area contributed by atoms with Crippen LogP contribution in [-0.2, 0) is 4.79 Å². The first-order chi connectivity index (χ1) is 15.6. The van der Waals surface area contributed by atoms with Crippen LogP contribution in [0.1, 0.15) is 52.5 Å². The fourth-order valence-electron chi connectivity index (χ4n) is 5.22. The van der Waals surface area contributed by atoms with Crippen LogP contribution >= 0.6 is 0 Å². The number of rotatable bonds is 9. The van der Waals surface area contributed by atoms with Gasteiger partial charge in [0.1, 0.15) is 17.2 Å². The maximum absolute atomic E-state index is 14.0. The highest BCUT2D eigenvalue weighted by Crippen LogP contribution is 2.50. The van der Waals surface area contributed by atoms with Crippen LogP contribution in [0.3, 0.4) is 0 Å². The zero-order chi connectivity index (χ0) is 24.8. The first kappa shape index (κ1) is 26.6. The number of methoxy groups -OCH3 is 3. The highest BCUT2D eigenvalue weighted by Gasteiger charge is 2.44. The van der Waals surface area contributed by atoms with Crippen molar-refractivity contribution in [2.24, 2.45) is 17.3 Å². The van der Waals surface area contributed by atoms with Crippen molar-refractivity contribution in [1.82, 2.24) is 4.90 Å². The summed E-state index contributed by atoms with van der Waals surface area (Å²) in [6.45, 7) is 15.9. The van der Waals surface area contributed by atoms with Crippen LogP contribution in [0, 0.1) is 17.3 Å². The molecule has 0 N–H and O–H groups in total. The van der Waals surface area contributed by atoms with Gasteiger partial charge in [0.05, 0.1) is 26.7 Å². The number of ether oxygens (including phenoxy) is 3. The smallest absolute Gasteiger partial charge is 0.229 e. The molecule has 1 heterocycles. The van der Waals surface area contributed by atoms with E-state index in [9.17, 15) is 4.79 Å². The molecule has 5 nitrogen and oxygen atoms in total. The summed E-state index contributed by atoms with van der Waals surface area (Å²) >= 11 is 0. The van der Waals surface area contributed by atoms with E-state index in [4.69, 9.17) is 14.2 Å². The third kappa shape index (κ3) is 6.01. The van der Waals surface area contributed by atoms with Gasteiger partial charge in [-0.1, -0.05) is 64.2 Å². The second-order valence-corrected chi connectivity index (χ2v) is 9.79. The zero-order valence-corrected chi connectivity index (χ0v) is 21.6. The van der Waals surface area contributed by atoms with Crippen molar-refractivity contribution in [3.8, 4) is 17.2 Å². The standard InChI is InChI=1S/C28H41NO4/c1-10-11-12-13-21(4)26(25-23(32-8)15-22(31-7)16-24(25)33-9)28(5,6)27(30)29-17-19(2)14-20(3)18-29/h10-13,15-16,19-20,26H,1,14,17-18H2,2-9H3/b12-11-,21-13+. The Hall–Kier alpha value is -2.69. The Morgan fingerprint density at radius 2 is 1.61 bits per heavy atom. The lowest BCUT2D eigenvalue weighted by Gasteiger charge is -2.43. The first-order valence-corrected chi connectivity index (χ1v) is 11.7. The van der Waals surface area contributed by atoms with Crippen molar-refractivity contribution in [2.45, 2.75) is 47.0 Å². The molecule has 0 saturated carbocycles. The Labute approximate surface area is 200 Å². The lowest BCUT2D eigenvalue weighted by molar-refractivity contribution is -0.144. The molecule has 0 aliphatic carbocycles. The second-order valence-electron chi connectivity index (χ2n) is 9.79. The lowest BCUT2D eigenvalue weighted by atomic mass is 9.69. The molecule has 1 fully saturated rings. The van der Waals surface area contributed by atoms with Gasteiger partial charge >= 0.3 is 0 Å². The number of carbonyl (C=O) groups is 1. The minimum Gasteiger partial charge on any atom is -0.496 e. The van der Waals surface area contributed by atoms with E-state index in [1.807, 2.05) is 49.1 Å². The third-order valence-corrected chi connectivity index (χ3v) is 6.53. The minimum absolute atomic E-state index is 0.145. The van der Waals surface area contributed by atoms with Crippen molar-refractivity contribution in [1.29, 1.82) is 0 Å². The topological polar surface area (TPSA) is 48.0 Å². The van der Waals surface area contributed by atoms with Gasteiger partial charge < -0.3 is 19.1 Å². The quantitative estimate of drug-likeness (QED) is 0.428. The molecule has 1 aliphatic heterocycles. The van der Waals surface area contributed by atoms with E-state index in [2.05, 4.69) is 27.4 Å². The molecule has 0 radical (unpaired) electrons. The normalized spacial score (nSPS) is 20.5. The van der Waals surface area contributed by atoms with Gasteiger partial charge in [-0.3, -0.25) is 4.79 Å². The van der Waals surface area contributed by atoms with E-state index in [-0.39, 0.29) is 11.8 Å². The zero-order valence-electron chi connectivity index (χ0n) is 21.6. The molecule has 0 aromatic heterocycles. The van der Waals surface area contributed by atoms with E-state index in [1.165, 1.54) is 0 Å². The number of hydrogen-bond acceptors (Lipinski definition) is 4. The van der Waals surface area contributed by atoms with Gasteiger partial charge in [0, 0.05) is 36.7 Å². The summed E-state index contributed by atoms with van der Waals surface area (Å²) in [5.41, 5.74) is 1.14. The molecule has 0 spiro atoms. The van der Waals surface area contributed by atoms with Crippen LogP contribution in [-0.4, -0.2) is 45.2 Å². The van der Waals surface area contributed by atoms with Gasteiger partial charge in [0.2, 0.25) is 5.91 Å². The average molecular weight is 456 g/mol. The van der Waals surface area contributed by atoms with Crippen LogP contribution in [0.15, 0.2) is 48.6 Å². The molecule has 0 bridgehead atoms. The molecular formula is C28H41NO4. The molecule has 182 valence electrons. The van der Waals surface area contributed by atoms with E-state index < -0.39 is 5.41 Å². The molecule has 1 amide bonds. The van der Waals surface area contributed by atoms with Crippen LogP contribution in [0.5, 0.6) is 17.2 Å². The van der Waals surface area contributed by atoms with E-state index >= 15 is 0 Å². The summed E-state index contributed by atoms with van der Waals surface area (Å²) in [5.74, 6) is 2.76. The molecule has 3 unspecified atom stereocenters. The monoisotopic (exact) mass is 455 g/mol. The molecule has 1 aromatic carbocycles. The Balaban J connectivity index is 2.69. The van der Waals surface area contributed by atoms with Crippen molar-refractivity contribution in [2.75, 3.05) is 34.4 Å². The Morgan fingerprint density at radius 1 is 1.06 bits per heavy atom. The Morgan fingerprint density at radius 3 is 2.06 bits per heavy atom. The summed E-state index contributed by atoms with van der Waals surface area (Å²) in [6, 6.07) is 3.70. The molecular weight excluding hydrogens is 414 g/mol. The van der Waals surface area contributed by atoms with E-state index in [0.717, 1.165) is 30.6 Å². The summed E-state index contributed by atoms with van der Waals surface area (Å²) in [4.78, 5) is 16.1. The van der Waals surface area contributed by atoms with Crippen molar-refractivity contribution >= 4 is 5.91 Å². The predicted octanol–water partition coefficient (Wildman–Crippen LogP) is 6.02. The van der Waals surface area contributed by atoms with Crippen LogP contribution in [0.25, 0.3) is 0 Å². The highest BCUT2D eigenvalue weighted by molar-refractivity contribution is 5.84. The summed E-state index contributed by atoms with van der Waals surface area (Å²) < 4.78 is 17.0. The number of nitrogens with zero attached hydrogens (tertiary/aromatic N) is 1. The molecule has 33 heavy (non-hydrogen) atoms. The molecule has 1 aromatic rings. The SMILES string of the molecule is C=C/C=C\C=C(/C)C(c1c(OC)cc(OC)cc1OC)C(C)(C)C(=O)N1CC(C)CC(C)C1. The third-order valence-electron chi connectivity index (χ3n) is 6.53. The van der Waals surface area contributed by atoms with Crippen molar-refractivity contribution in [3.05, 3.63) is 54.2 Å². The predicted molar refractivity (Wildman–Crippen MR) is 135 cm³/mol. The maximum atomic E-state index is 14.0. The lowest BCUT2D eigenvalue weighted by Crippen LogP contribution is -2.50. The van der Waals surface area contributed by atoms with Crippen LogP contribution in [0.4, 0.5) is 0 Å². The fraction of sp³-hybridized carbons (Fsp3) is 0.536. The molecule has 1 aliphatic rings. The van der Waals surface area contributed by atoms with E-state index in [1.54, 1.807) is 27.4 Å². The second kappa shape index (κ2) is 11.4. The molecule has 2 rings (SSSR count). The van der Waals surface area contributed by atoms with Crippen molar-refractivity contribution < 1.29 is 19.0 Å². The summed E-state index contributed by atoms with van der Waals surface area (Å²) in [7, 11) is 4.88.